The fourth-order valence-corrected chi connectivity index (χ4v) is 2.61. The number of rotatable bonds is 7. The lowest BCUT2D eigenvalue weighted by Gasteiger charge is -2.17. The molecule has 0 amide bonds. The number of halogens is 1. The van der Waals surface area contributed by atoms with Crippen molar-refractivity contribution in [3.63, 3.8) is 0 Å². The highest BCUT2D eigenvalue weighted by atomic mass is 127. The molecule has 0 saturated heterocycles. The Balaban J connectivity index is 4.73. The van der Waals surface area contributed by atoms with Crippen molar-refractivity contribution in [3.8, 4) is 0 Å². The van der Waals surface area contributed by atoms with E-state index in [1.165, 1.54) is 11.1 Å². The van der Waals surface area contributed by atoms with Gasteiger partial charge in [0.05, 0.1) is 0 Å². The number of allylic oxidation sites excluding steroid dienone is 5. The van der Waals surface area contributed by atoms with E-state index in [9.17, 15) is 0 Å². The van der Waals surface area contributed by atoms with Gasteiger partial charge in [-0.25, -0.2) is 0 Å². The summed E-state index contributed by atoms with van der Waals surface area (Å²) < 4.78 is 0.583. The molecule has 0 rings (SSSR count). The zero-order valence-electron chi connectivity index (χ0n) is 11.8. The van der Waals surface area contributed by atoms with E-state index in [1.54, 1.807) is 0 Å². The first-order valence-corrected chi connectivity index (χ1v) is 7.52. The molecule has 0 fully saturated rings. The molecule has 0 aliphatic heterocycles. The van der Waals surface area contributed by atoms with Gasteiger partial charge in [-0.15, -0.1) is 0 Å². The normalized spacial score (nSPS) is 15.9. The maximum atomic E-state index is 2.54. The van der Waals surface area contributed by atoms with Crippen molar-refractivity contribution >= 4 is 22.6 Å². The molecule has 98 valence electrons. The predicted octanol–water partition coefficient (Wildman–Crippen LogP) is 4.60. The van der Waals surface area contributed by atoms with E-state index < -0.39 is 0 Å². The Kier molecular flexibility index (Phi) is 9.84. The minimum Gasteiger partial charge on any atom is -0.308 e. The average Bonchev–Trinajstić information content (AvgIpc) is 2.27. The first kappa shape index (κ1) is 16.9. The van der Waals surface area contributed by atoms with Crippen LogP contribution in [-0.4, -0.2) is 29.5 Å². The summed E-state index contributed by atoms with van der Waals surface area (Å²) in [6.45, 7) is 7.58. The van der Waals surface area contributed by atoms with Gasteiger partial charge < -0.3 is 4.90 Å². The van der Waals surface area contributed by atoms with Crippen LogP contribution in [0.1, 0.15) is 33.6 Å². The van der Waals surface area contributed by atoms with Gasteiger partial charge in [0.15, 0.2) is 0 Å². The van der Waals surface area contributed by atoms with E-state index in [-0.39, 0.29) is 0 Å². The highest BCUT2D eigenvalue weighted by molar-refractivity contribution is 14.1. The summed E-state index contributed by atoms with van der Waals surface area (Å²) in [5.41, 5.74) is 2.95. The van der Waals surface area contributed by atoms with E-state index in [2.05, 4.69) is 86.7 Å². The molecule has 0 aromatic heterocycles. The van der Waals surface area contributed by atoms with Crippen LogP contribution in [0.25, 0.3) is 0 Å². The highest BCUT2D eigenvalue weighted by Gasteiger charge is 2.09. The number of nitrogens with zero attached hydrogens (tertiary/aromatic N) is 1. The molecule has 17 heavy (non-hydrogen) atoms. The Morgan fingerprint density at radius 3 is 2.41 bits per heavy atom. The minimum atomic E-state index is 0.583. The lowest BCUT2D eigenvalue weighted by molar-refractivity contribution is 0.421. The Morgan fingerprint density at radius 2 is 1.94 bits per heavy atom. The van der Waals surface area contributed by atoms with Crippen LogP contribution < -0.4 is 0 Å². The quantitative estimate of drug-likeness (QED) is 0.282. The molecular weight excluding hydrogens is 321 g/mol. The van der Waals surface area contributed by atoms with Gasteiger partial charge in [0, 0.05) is 10.5 Å². The van der Waals surface area contributed by atoms with Crippen LogP contribution in [0.5, 0.6) is 0 Å². The Labute approximate surface area is 121 Å². The summed E-state index contributed by atoms with van der Waals surface area (Å²) >= 11 is 2.54. The minimum absolute atomic E-state index is 0.583. The lowest BCUT2D eigenvalue weighted by atomic mass is 10.1. The fraction of sp³-hybridized carbons (Fsp3) is 0.600. The first-order chi connectivity index (χ1) is 8.01. The van der Waals surface area contributed by atoms with Crippen molar-refractivity contribution in [2.45, 2.75) is 37.5 Å². The van der Waals surface area contributed by atoms with Crippen LogP contribution in [0.3, 0.4) is 0 Å². The zero-order valence-corrected chi connectivity index (χ0v) is 14.0. The van der Waals surface area contributed by atoms with Crippen molar-refractivity contribution in [2.24, 2.45) is 0 Å². The van der Waals surface area contributed by atoms with Gasteiger partial charge in [-0.3, -0.25) is 0 Å². The van der Waals surface area contributed by atoms with Crippen molar-refractivity contribution < 1.29 is 0 Å². The third kappa shape index (κ3) is 8.61. The van der Waals surface area contributed by atoms with E-state index >= 15 is 0 Å². The molecule has 2 heteroatoms. The molecule has 1 atom stereocenters. The van der Waals surface area contributed by atoms with Crippen molar-refractivity contribution in [2.75, 3.05) is 20.6 Å². The third-order valence-corrected chi connectivity index (χ3v) is 3.85. The van der Waals surface area contributed by atoms with Gasteiger partial charge in [-0.1, -0.05) is 65.0 Å². The first-order valence-electron chi connectivity index (χ1n) is 6.27. The second-order valence-electron chi connectivity index (χ2n) is 4.61. The number of hydrogen-bond donors (Lipinski definition) is 0. The number of alkyl halides is 1. The molecule has 0 radical (unpaired) electrons. The van der Waals surface area contributed by atoms with Crippen LogP contribution in [0.4, 0.5) is 0 Å². The highest BCUT2D eigenvalue weighted by Crippen LogP contribution is 2.19. The van der Waals surface area contributed by atoms with E-state index in [4.69, 9.17) is 0 Å². The summed E-state index contributed by atoms with van der Waals surface area (Å²) in [6.07, 6.45) is 11.1. The predicted molar refractivity (Wildman–Crippen MR) is 87.9 cm³/mol. The van der Waals surface area contributed by atoms with Crippen molar-refractivity contribution in [1.82, 2.24) is 4.90 Å². The SMILES string of the molecule is CC=CC/C(=C\C=C(/C)CC)C(I)CN(C)C. The molecule has 0 saturated carbocycles. The van der Waals surface area contributed by atoms with Gasteiger partial charge in [0.2, 0.25) is 0 Å². The van der Waals surface area contributed by atoms with Gasteiger partial charge in [-0.2, -0.15) is 0 Å². The molecule has 0 aliphatic rings. The Morgan fingerprint density at radius 1 is 1.29 bits per heavy atom. The molecule has 1 unspecified atom stereocenters. The second kappa shape index (κ2) is 9.89. The van der Waals surface area contributed by atoms with Crippen LogP contribution >= 0.6 is 22.6 Å². The molecule has 0 bridgehead atoms. The lowest BCUT2D eigenvalue weighted by Crippen LogP contribution is -2.22. The molecular formula is C15H26IN. The summed E-state index contributed by atoms with van der Waals surface area (Å²) in [7, 11) is 4.26. The third-order valence-electron chi connectivity index (χ3n) is 2.66. The van der Waals surface area contributed by atoms with E-state index in [0.717, 1.165) is 19.4 Å². The second-order valence-corrected chi connectivity index (χ2v) is 6.11. The fourth-order valence-electron chi connectivity index (χ4n) is 1.36. The molecule has 0 N–H and O–H groups in total. The average molecular weight is 347 g/mol. The van der Waals surface area contributed by atoms with Crippen LogP contribution in [0.15, 0.2) is 35.5 Å². The topological polar surface area (TPSA) is 3.24 Å². The molecule has 0 heterocycles. The molecule has 0 aromatic rings. The standard InChI is InChI=1S/C15H26IN/c1-6-8-9-14(11-10-13(3)7-2)15(16)12-17(4)5/h6,8,10-11,15H,7,9,12H2,1-5H3/b8-6?,13-10+,14-11+. The summed E-state index contributed by atoms with van der Waals surface area (Å²) in [5, 5.41) is 0. The van der Waals surface area contributed by atoms with Crippen LogP contribution in [0, 0.1) is 0 Å². The van der Waals surface area contributed by atoms with Crippen LogP contribution in [0.2, 0.25) is 0 Å². The maximum Gasteiger partial charge on any atom is 0.0451 e. The van der Waals surface area contributed by atoms with Gasteiger partial charge in [0.1, 0.15) is 0 Å². The zero-order chi connectivity index (χ0) is 13.3. The molecule has 0 aliphatic carbocycles. The van der Waals surface area contributed by atoms with Crippen molar-refractivity contribution in [1.29, 1.82) is 0 Å². The van der Waals surface area contributed by atoms with Gasteiger partial charge in [0.25, 0.3) is 0 Å². The summed E-state index contributed by atoms with van der Waals surface area (Å²) in [6, 6.07) is 0. The smallest absolute Gasteiger partial charge is 0.0451 e. The molecule has 0 aromatic carbocycles. The van der Waals surface area contributed by atoms with Gasteiger partial charge in [-0.05, 0) is 40.8 Å². The molecule has 0 spiro atoms. The van der Waals surface area contributed by atoms with E-state index in [0.29, 0.717) is 3.92 Å². The van der Waals surface area contributed by atoms with Gasteiger partial charge >= 0.3 is 0 Å². The molecule has 1 nitrogen and oxygen atoms in total. The summed E-state index contributed by atoms with van der Waals surface area (Å²) in [5.74, 6) is 0. The Hall–Kier alpha value is -0.0900. The largest absolute Gasteiger partial charge is 0.308 e. The van der Waals surface area contributed by atoms with Crippen molar-refractivity contribution in [3.05, 3.63) is 35.5 Å². The maximum absolute atomic E-state index is 2.54. The van der Waals surface area contributed by atoms with E-state index in [1.807, 2.05) is 0 Å². The monoisotopic (exact) mass is 347 g/mol. The van der Waals surface area contributed by atoms with Crippen LogP contribution in [-0.2, 0) is 0 Å². The Bertz CT molecular complexity index is 287. The summed E-state index contributed by atoms with van der Waals surface area (Å²) in [4.78, 5) is 2.25. The number of hydrogen-bond acceptors (Lipinski definition) is 1.